The van der Waals surface area contributed by atoms with Crippen LogP contribution in [0.5, 0.6) is 0 Å². The van der Waals surface area contributed by atoms with Crippen molar-refractivity contribution in [3.8, 4) is 0 Å². The summed E-state index contributed by atoms with van der Waals surface area (Å²) < 4.78 is 0. The fraction of sp³-hybridized carbons (Fsp3) is 0.240. The minimum absolute atomic E-state index is 1.01. The van der Waals surface area contributed by atoms with E-state index < -0.39 is 0 Å². The van der Waals surface area contributed by atoms with E-state index in [1.165, 1.54) is 35.1 Å². The molecule has 0 fully saturated rings. The van der Waals surface area contributed by atoms with Crippen LogP contribution in [0.4, 0.5) is 0 Å². The Morgan fingerprint density at radius 1 is 0.778 bits per heavy atom. The number of benzene rings is 2. The molecule has 0 aliphatic rings. The smallest absolute Gasteiger partial charge is 0.0299 e. The van der Waals surface area contributed by atoms with Crippen LogP contribution in [0.3, 0.4) is 0 Å². The summed E-state index contributed by atoms with van der Waals surface area (Å²) in [6.07, 6.45) is 10.7. The molecule has 2 aromatic carbocycles. The molecule has 0 saturated carbocycles. The first-order valence-electron chi connectivity index (χ1n) is 9.84. The van der Waals surface area contributed by atoms with Crippen molar-refractivity contribution in [1.29, 1.82) is 0 Å². The first-order valence-corrected chi connectivity index (χ1v) is 9.84. The zero-order chi connectivity index (χ0) is 18.6. The third-order valence-corrected chi connectivity index (χ3v) is 4.63. The summed E-state index contributed by atoms with van der Waals surface area (Å²) in [7, 11) is 0. The van der Waals surface area contributed by atoms with Gasteiger partial charge in [0, 0.05) is 12.4 Å². The monoisotopic (exact) mass is 356 g/mol. The maximum atomic E-state index is 4.17. The number of aromatic nitrogens is 1. The molecule has 27 heavy (non-hydrogen) atoms. The van der Waals surface area contributed by atoms with Crippen LogP contribution in [0.15, 0.2) is 91.3 Å². The quantitative estimate of drug-likeness (QED) is 0.484. The molecule has 1 aromatic heterocycles. The van der Waals surface area contributed by atoms with Crippen molar-refractivity contribution < 1.29 is 0 Å². The van der Waals surface area contributed by atoms with Gasteiger partial charge in [0.1, 0.15) is 0 Å². The maximum Gasteiger partial charge on any atom is 0.0299 e. The zero-order valence-corrected chi connectivity index (χ0v) is 15.9. The first kappa shape index (κ1) is 19.1. The molecule has 0 spiro atoms. The predicted octanol–water partition coefficient (Wildman–Crippen LogP) is 5.52. The molecule has 2 heteroatoms. The first-order chi connectivity index (χ1) is 13.4. The Bertz CT molecular complexity index is 754. The highest BCUT2D eigenvalue weighted by Gasteiger charge is 2.03. The van der Waals surface area contributed by atoms with Crippen LogP contribution in [-0.4, -0.2) is 18.1 Å². The molecule has 0 saturated heterocycles. The molecule has 0 atom stereocenters. The second-order valence-corrected chi connectivity index (χ2v) is 6.71. The van der Waals surface area contributed by atoms with E-state index in [2.05, 4.69) is 83.1 Å². The van der Waals surface area contributed by atoms with Gasteiger partial charge >= 0.3 is 0 Å². The molecule has 0 radical (unpaired) electrons. The Morgan fingerprint density at radius 3 is 2.11 bits per heavy atom. The Kier molecular flexibility index (Phi) is 7.84. The SMILES string of the molecule is C(CCNCCCCc1cccnc1)=C(c1ccccc1)c1ccccc1. The van der Waals surface area contributed by atoms with Crippen LogP contribution in [0.2, 0.25) is 0 Å². The Morgan fingerprint density at radius 2 is 1.48 bits per heavy atom. The molecule has 0 bridgehead atoms. The summed E-state index contributed by atoms with van der Waals surface area (Å²) in [4.78, 5) is 4.17. The summed E-state index contributed by atoms with van der Waals surface area (Å²) in [5, 5.41) is 3.57. The third-order valence-electron chi connectivity index (χ3n) is 4.63. The number of nitrogens with one attached hydrogen (secondary N) is 1. The second kappa shape index (κ2) is 11.1. The normalized spacial score (nSPS) is 10.5. The van der Waals surface area contributed by atoms with Crippen molar-refractivity contribution in [2.75, 3.05) is 13.1 Å². The lowest BCUT2D eigenvalue weighted by Gasteiger charge is -2.09. The van der Waals surface area contributed by atoms with Gasteiger partial charge in [-0.25, -0.2) is 0 Å². The van der Waals surface area contributed by atoms with Gasteiger partial charge in [-0.15, -0.1) is 0 Å². The van der Waals surface area contributed by atoms with Crippen LogP contribution >= 0.6 is 0 Å². The number of unbranched alkanes of at least 4 members (excludes halogenated alkanes) is 1. The molecule has 0 unspecified atom stereocenters. The molecule has 0 aliphatic heterocycles. The molecule has 1 heterocycles. The molecule has 0 amide bonds. The lowest BCUT2D eigenvalue weighted by atomic mass is 9.97. The largest absolute Gasteiger partial charge is 0.316 e. The average molecular weight is 357 g/mol. The van der Waals surface area contributed by atoms with Gasteiger partial charge in [0.05, 0.1) is 0 Å². The lowest BCUT2D eigenvalue weighted by molar-refractivity contribution is 0.626. The Labute approximate surface area is 163 Å². The fourth-order valence-corrected chi connectivity index (χ4v) is 3.21. The minimum Gasteiger partial charge on any atom is -0.316 e. The van der Waals surface area contributed by atoms with Gasteiger partial charge in [0.2, 0.25) is 0 Å². The Balaban J connectivity index is 1.44. The van der Waals surface area contributed by atoms with E-state index in [1.807, 2.05) is 18.5 Å². The molecular weight excluding hydrogens is 328 g/mol. The van der Waals surface area contributed by atoms with Crippen molar-refractivity contribution in [2.24, 2.45) is 0 Å². The molecule has 2 nitrogen and oxygen atoms in total. The van der Waals surface area contributed by atoms with E-state index >= 15 is 0 Å². The number of aryl methyl sites for hydroxylation is 1. The molecule has 3 aromatic rings. The maximum absolute atomic E-state index is 4.17. The minimum atomic E-state index is 1.01. The van der Waals surface area contributed by atoms with Gasteiger partial charge in [-0.05, 0) is 67.1 Å². The van der Waals surface area contributed by atoms with Crippen LogP contribution in [-0.2, 0) is 6.42 Å². The Hall–Kier alpha value is -2.71. The van der Waals surface area contributed by atoms with Crippen molar-refractivity contribution in [1.82, 2.24) is 10.3 Å². The van der Waals surface area contributed by atoms with Crippen molar-refractivity contribution in [3.63, 3.8) is 0 Å². The molecule has 1 N–H and O–H groups in total. The molecule has 0 aliphatic carbocycles. The fourth-order valence-electron chi connectivity index (χ4n) is 3.21. The molecule has 138 valence electrons. The van der Waals surface area contributed by atoms with Crippen LogP contribution in [0.1, 0.15) is 36.0 Å². The van der Waals surface area contributed by atoms with Crippen LogP contribution in [0.25, 0.3) is 5.57 Å². The predicted molar refractivity (Wildman–Crippen MR) is 115 cm³/mol. The van der Waals surface area contributed by atoms with Crippen molar-refractivity contribution >= 4 is 5.57 Å². The lowest BCUT2D eigenvalue weighted by Crippen LogP contribution is -2.16. The zero-order valence-electron chi connectivity index (χ0n) is 15.9. The van der Waals surface area contributed by atoms with E-state index in [9.17, 15) is 0 Å². The van der Waals surface area contributed by atoms with E-state index in [4.69, 9.17) is 0 Å². The standard InChI is InChI=1S/C25H28N2/c1-3-13-23(14-4-1)25(24-15-5-2-6-16-24)17-10-19-26-18-8-7-11-22-12-9-20-27-21-22/h1-6,9,12-17,20-21,26H,7-8,10-11,18-19H2. The average Bonchev–Trinajstić information content (AvgIpc) is 2.75. The summed E-state index contributed by atoms with van der Waals surface area (Å²) in [5.41, 5.74) is 5.20. The van der Waals surface area contributed by atoms with Gasteiger partial charge in [-0.1, -0.05) is 72.8 Å². The van der Waals surface area contributed by atoms with Gasteiger partial charge in [0.15, 0.2) is 0 Å². The van der Waals surface area contributed by atoms with Gasteiger partial charge in [-0.3, -0.25) is 4.98 Å². The summed E-state index contributed by atoms with van der Waals surface area (Å²) in [6, 6.07) is 25.5. The van der Waals surface area contributed by atoms with E-state index in [0.29, 0.717) is 0 Å². The highest BCUT2D eigenvalue weighted by molar-refractivity contribution is 5.79. The summed E-state index contributed by atoms with van der Waals surface area (Å²) >= 11 is 0. The van der Waals surface area contributed by atoms with Gasteiger partial charge < -0.3 is 5.32 Å². The van der Waals surface area contributed by atoms with Gasteiger partial charge in [-0.2, -0.15) is 0 Å². The topological polar surface area (TPSA) is 24.9 Å². The highest BCUT2D eigenvalue weighted by Crippen LogP contribution is 2.23. The summed E-state index contributed by atoms with van der Waals surface area (Å²) in [6.45, 7) is 2.08. The van der Waals surface area contributed by atoms with Crippen LogP contribution in [0, 0.1) is 0 Å². The third kappa shape index (κ3) is 6.50. The van der Waals surface area contributed by atoms with Crippen molar-refractivity contribution in [3.05, 3.63) is 108 Å². The number of nitrogens with zero attached hydrogens (tertiary/aromatic N) is 1. The van der Waals surface area contributed by atoms with Crippen LogP contribution < -0.4 is 5.32 Å². The number of pyridine rings is 1. The second-order valence-electron chi connectivity index (χ2n) is 6.71. The summed E-state index contributed by atoms with van der Waals surface area (Å²) in [5.74, 6) is 0. The number of hydrogen-bond donors (Lipinski definition) is 1. The highest BCUT2D eigenvalue weighted by atomic mass is 14.8. The molecule has 3 rings (SSSR count). The number of rotatable bonds is 10. The van der Waals surface area contributed by atoms with E-state index in [1.54, 1.807) is 0 Å². The van der Waals surface area contributed by atoms with Crippen molar-refractivity contribution in [2.45, 2.75) is 25.7 Å². The molecular formula is C25H28N2. The van der Waals surface area contributed by atoms with E-state index in [0.717, 1.165) is 25.9 Å². The number of hydrogen-bond acceptors (Lipinski definition) is 2. The van der Waals surface area contributed by atoms with E-state index in [-0.39, 0.29) is 0 Å². The van der Waals surface area contributed by atoms with Gasteiger partial charge in [0.25, 0.3) is 0 Å².